The number of hydrogen-bond donors (Lipinski definition) is 3. The molecular weight excluding hydrogens is 424 g/mol. The van der Waals surface area contributed by atoms with E-state index in [-0.39, 0.29) is 39.1 Å². The fraction of sp³-hybridized carbons (Fsp3) is 0.900. The van der Waals surface area contributed by atoms with E-state index in [2.05, 4.69) is 54.5 Å². The van der Waals surface area contributed by atoms with Gasteiger partial charge in [0.1, 0.15) is 0 Å². The van der Waals surface area contributed by atoms with Crippen LogP contribution in [0.4, 0.5) is 0 Å². The van der Waals surface area contributed by atoms with Crippen molar-refractivity contribution in [2.45, 2.75) is 118 Å². The largest absolute Gasteiger partial charge is 0.481 e. The normalized spacial score (nSPS) is 53.4. The minimum Gasteiger partial charge on any atom is -0.481 e. The number of rotatable bonds is 1. The summed E-state index contributed by atoms with van der Waals surface area (Å²) in [5.41, 5.74) is 0.238. The molecule has 0 aromatic heterocycles. The zero-order valence-electron chi connectivity index (χ0n) is 22.6. The summed E-state index contributed by atoms with van der Waals surface area (Å²) in [7, 11) is 0. The van der Waals surface area contributed by atoms with E-state index in [1.54, 1.807) is 0 Å². The van der Waals surface area contributed by atoms with Crippen LogP contribution in [0.2, 0.25) is 0 Å². The van der Waals surface area contributed by atoms with Gasteiger partial charge in [0.15, 0.2) is 0 Å². The van der Waals surface area contributed by atoms with Crippen LogP contribution in [0.15, 0.2) is 11.6 Å². The number of carboxylic acid groups (broad SMARTS) is 1. The maximum absolute atomic E-state index is 12.8. The molecule has 4 heteroatoms. The Kier molecular flexibility index (Phi) is 5.20. The molecule has 0 unspecified atom stereocenters. The molecule has 4 fully saturated rings. The van der Waals surface area contributed by atoms with Crippen molar-refractivity contribution in [3.8, 4) is 0 Å². The average Bonchev–Trinajstić information content (AvgIpc) is 2.74. The molecule has 0 aromatic rings. The number of hydrogen-bond acceptors (Lipinski definition) is 3. The van der Waals surface area contributed by atoms with Crippen LogP contribution in [0.1, 0.15) is 106 Å². The van der Waals surface area contributed by atoms with Gasteiger partial charge < -0.3 is 15.3 Å². The second-order valence-electron chi connectivity index (χ2n) is 15.0. The van der Waals surface area contributed by atoms with Gasteiger partial charge in [-0.2, -0.15) is 0 Å². The first-order valence-corrected chi connectivity index (χ1v) is 13.9. The topological polar surface area (TPSA) is 77.8 Å². The van der Waals surface area contributed by atoms with Gasteiger partial charge in [0.25, 0.3) is 0 Å². The van der Waals surface area contributed by atoms with Crippen molar-refractivity contribution >= 4 is 5.97 Å². The molecule has 4 saturated carbocycles. The number of aliphatic hydroxyl groups is 2. The van der Waals surface area contributed by atoms with Crippen molar-refractivity contribution < 1.29 is 20.1 Å². The van der Waals surface area contributed by atoms with E-state index in [1.807, 2.05) is 0 Å². The zero-order chi connectivity index (χ0) is 25.1. The van der Waals surface area contributed by atoms with E-state index < -0.39 is 17.5 Å². The van der Waals surface area contributed by atoms with E-state index in [9.17, 15) is 20.1 Å². The molecule has 5 aliphatic rings. The summed E-state index contributed by atoms with van der Waals surface area (Å²) in [5.74, 6) is 0.0213. The molecule has 9 atom stereocenters. The summed E-state index contributed by atoms with van der Waals surface area (Å²) in [6.45, 7) is 16.2. The fourth-order valence-electron chi connectivity index (χ4n) is 10.6. The lowest BCUT2D eigenvalue weighted by Gasteiger charge is -2.71. The second kappa shape index (κ2) is 7.12. The lowest BCUT2D eigenvalue weighted by Crippen LogP contribution is -2.66. The van der Waals surface area contributed by atoms with Gasteiger partial charge >= 0.3 is 5.97 Å². The number of carboxylic acids is 1. The Morgan fingerprint density at radius 2 is 1.50 bits per heavy atom. The van der Waals surface area contributed by atoms with E-state index >= 15 is 0 Å². The van der Waals surface area contributed by atoms with Crippen LogP contribution >= 0.6 is 0 Å². The SMILES string of the molecule is CC1(C)CC[C@]2(C(=O)O)CC[C@]3(C)C(=CC[C@H]4[C@@]5(C)CC[C@H](O)C(C)(C)[C@H]5CC[C@]43C)[C@@H]2[C@@H]1O. The lowest BCUT2D eigenvalue weighted by atomic mass is 9.33. The highest BCUT2D eigenvalue weighted by atomic mass is 16.4. The van der Waals surface area contributed by atoms with Gasteiger partial charge in [-0.3, -0.25) is 4.79 Å². The highest BCUT2D eigenvalue weighted by Crippen LogP contribution is 2.75. The van der Waals surface area contributed by atoms with Crippen LogP contribution in [-0.2, 0) is 4.79 Å². The van der Waals surface area contributed by atoms with Crippen LogP contribution in [0.3, 0.4) is 0 Å². The molecule has 4 nitrogen and oxygen atoms in total. The van der Waals surface area contributed by atoms with Crippen molar-refractivity contribution in [2.75, 3.05) is 0 Å². The van der Waals surface area contributed by atoms with Gasteiger partial charge in [0.05, 0.1) is 17.6 Å². The predicted octanol–water partition coefficient (Wildman–Crippen LogP) is 6.20. The molecule has 0 bridgehead atoms. The first kappa shape index (κ1) is 24.8. The monoisotopic (exact) mass is 472 g/mol. The Bertz CT molecular complexity index is 919. The molecule has 0 saturated heterocycles. The summed E-state index contributed by atoms with van der Waals surface area (Å²) >= 11 is 0. The van der Waals surface area contributed by atoms with Gasteiger partial charge in [0, 0.05) is 5.92 Å². The van der Waals surface area contributed by atoms with Gasteiger partial charge in [-0.1, -0.05) is 60.1 Å². The Morgan fingerprint density at radius 1 is 0.853 bits per heavy atom. The molecule has 0 aliphatic heterocycles. The summed E-state index contributed by atoms with van der Waals surface area (Å²) in [4.78, 5) is 12.8. The van der Waals surface area contributed by atoms with Crippen molar-refractivity contribution in [2.24, 2.45) is 50.2 Å². The first-order valence-electron chi connectivity index (χ1n) is 13.9. The molecule has 5 rings (SSSR count). The van der Waals surface area contributed by atoms with E-state index in [0.717, 1.165) is 44.9 Å². The second-order valence-corrected chi connectivity index (χ2v) is 15.0. The maximum atomic E-state index is 12.8. The van der Waals surface area contributed by atoms with Crippen LogP contribution in [0, 0.1) is 50.2 Å². The smallest absolute Gasteiger partial charge is 0.310 e. The van der Waals surface area contributed by atoms with Gasteiger partial charge in [-0.25, -0.2) is 0 Å². The highest BCUT2D eigenvalue weighted by Gasteiger charge is 2.70. The fourth-order valence-corrected chi connectivity index (χ4v) is 10.6. The maximum Gasteiger partial charge on any atom is 0.310 e. The van der Waals surface area contributed by atoms with Crippen molar-refractivity contribution in [3.05, 3.63) is 11.6 Å². The summed E-state index contributed by atoms with van der Waals surface area (Å²) < 4.78 is 0. The number of fused-ring (bicyclic) bond motifs is 7. The third-order valence-corrected chi connectivity index (χ3v) is 13.3. The molecule has 5 aliphatic carbocycles. The number of aliphatic hydroxyl groups excluding tert-OH is 2. The molecule has 3 N–H and O–H groups in total. The van der Waals surface area contributed by atoms with E-state index in [1.165, 1.54) is 5.57 Å². The van der Waals surface area contributed by atoms with E-state index in [0.29, 0.717) is 24.7 Å². The third kappa shape index (κ3) is 2.76. The molecule has 0 spiro atoms. The predicted molar refractivity (Wildman–Crippen MR) is 134 cm³/mol. The lowest BCUT2D eigenvalue weighted by molar-refractivity contribution is -0.212. The molecular formula is C30H48O4. The quantitative estimate of drug-likeness (QED) is 0.397. The minimum atomic E-state index is -0.832. The first-order chi connectivity index (χ1) is 15.6. The van der Waals surface area contributed by atoms with Gasteiger partial charge in [-0.15, -0.1) is 0 Å². The Hall–Kier alpha value is -0.870. The summed E-state index contributed by atoms with van der Waals surface area (Å²) in [6, 6.07) is 0. The van der Waals surface area contributed by atoms with Crippen LogP contribution < -0.4 is 0 Å². The highest BCUT2D eigenvalue weighted by molar-refractivity contribution is 5.77. The van der Waals surface area contributed by atoms with Crippen LogP contribution in [0.5, 0.6) is 0 Å². The number of aliphatic carboxylic acids is 1. The molecule has 0 radical (unpaired) electrons. The van der Waals surface area contributed by atoms with Crippen LogP contribution in [0.25, 0.3) is 0 Å². The molecule has 192 valence electrons. The number of allylic oxidation sites excluding steroid dienone is 1. The van der Waals surface area contributed by atoms with Gasteiger partial charge in [0.2, 0.25) is 0 Å². The van der Waals surface area contributed by atoms with Crippen molar-refractivity contribution in [3.63, 3.8) is 0 Å². The van der Waals surface area contributed by atoms with E-state index in [4.69, 9.17) is 0 Å². The third-order valence-electron chi connectivity index (χ3n) is 13.3. The molecule has 0 amide bonds. The Morgan fingerprint density at radius 3 is 2.15 bits per heavy atom. The number of carbonyl (C=O) groups is 1. The summed E-state index contributed by atoms with van der Waals surface area (Å²) in [6.07, 6.45) is 9.70. The standard InChI is InChI=1S/C30H48O4/c1-25(2)14-16-30(24(33)34)17-15-28(6)18(22(30)23(25)32)8-9-20-27(5)12-11-21(31)26(3,4)19(27)10-13-29(20,28)7/h8,19-23,31-32H,9-17H2,1-7H3,(H,33,34)/t19-,20+,21+,22-,23+,27+,28-,29-,30+/m1/s1. The van der Waals surface area contributed by atoms with Crippen molar-refractivity contribution in [1.29, 1.82) is 0 Å². The van der Waals surface area contributed by atoms with Gasteiger partial charge in [-0.05, 0) is 96.7 Å². The molecule has 0 aromatic carbocycles. The molecule has 0 heterocycles. The minimum absolute atomic E-state index is 0.0756. The summed E-state index contributed by atoms with van der Waals surface area (Å²) in [5, 5.41) is 33.1. The molecule has 34 heavy (non-hydrogen) atoms. The Labute approximate surface area is 206 Å². The zero-order valence-corrected chi connectivity index (χ0v) is 22.6. The van der Waals surface area contributed by atoms with Crippen LogP contribution in [-0.4, -0.2) is 33.5 Å². The van der Waals surface area contributed by atoms with Crippen molar-refractivity contribution in [1.82, 2.24) is 0 Å². The average molecular weight is 473 g/mol. The Balaban J connectivity index is 1.62.